The van der Waals surface area contributed by atoms with Crippen molar-refractivity contribution in [3.63, 3.8) is 0 Å². The number of nitrogens with zero attached hydrogens (tertiary/aromatic N) is 3. The van der Waals surface area contributed by atoms with Crippen LogP contribution in [0.25, 0.3) is 6.08 Å². The Morgan fingerprint density at radius 1 is 1.18 bits per heavy atom. The van der Waals surface area contributed by atoms with Crippen LogP contribution in [0.2, 0.25) is 0 Å². The molecule has 1 aromatic carbocycles. The molecule has 0 N–H and O–H groups in total. The number of carbonyl (C=O) groups excluding carboxylic acids is 1. The van der Waals surface area contributed by atoms with Gasteiger partial charge in [0.2, 0.25) is 0 Å². The molecular weight excluding hydrogens is 374 g/mol. The molecule has 0 bridgehead atoms. The van der Waals surface area contributed by atoms with Crippen LogP contribution >= 0.6 is 11.3 Å². The number of carbonyl (C=O) groups is 1. The van der Waals surface area contributed by atoms with E-state index in [1.807, 2.05) is 48.5 Å². The third-order valence-corrected chi connectivity index (χ3v) is 5.53. The van der Waals surface area contributed by atoms with E-state index < -0.39 is 12.0 Å². The number of esters is 1. The van der Waals surface area contributed by atoms with Crippen molar-refractivity contribution in [1.29, 1.82) is 0 Å². The number of benzene rings is 1. The topological polar surface area (TPSA) is 73.6 Å². The minimum atomic E-state index is -0.579. The van der Waals surface area contributed by atoms with Crippen LogP contribution in [-0.2, 0) is 9.53 Å². The van der Waals surface area contributed by atoms with Gasteiger partial charge in [-0.05, 0) is 36.3 Å². The number of rotatable bonds is 3. The molecule has 7 heteroatoms. The molecule has 0 amide bonds. The number of ether oxygens (including phenoxy) is 1. The van der Waals surface area contributed by atoms with Crippen molar-refractivity contribution in [3.8, 4) is 0 Å². The van der Waals surface area contributed by atoms with Gasteiger partial charge in [-0.3, -0.25) is 14.3 Å². The van der Waals surface area contributed by atoms with Crippen LogP contribution in [-0.4, -0.2) is 22.6 Å². The number of aromatic nitrogens is 2. The zero-order valence-corrected chi connectivity index (χ0v) is 16.1. The molecule has 1 atom stereocenters. The summed E-state index contributed by atoms with van der Waals surface area (Å²) in [7, 11) is 1.33. The lowest BCUT2D eigenvalue weighted by Gasteiger charge is -2.24. The molecular formula is C21H17N3O3S. The molecule has 3 heterocycles. The second kappa shape index (κ2) is 7.36. The summed E-state index contributed by atoms with van der Waals surface area (Å²) < 4.78 is 7.11. The fraction of sp³-hybridized carbons (Fsp3) is 0.143. The molecule has 0 saturated carbocycles. The van der Waals surface area contributed by atoms with Crippen molar-refractivity contribution >= 4 is 23.4 Å². The highest BCUT2D eigenvalue weighted by molar-refractivity contribution is 7.07. The Bertz CT molecular complexity index is 1240. The Morgan fingerprint density at radius 2 is 1.89 bits per heavy atom. The summed E-state index contributed by atoms with van der Waals surface area (Å²) in [4.78, 5) is 34.9. The highest BCUT2D eigenvalue weighted by Gasteiger charge is 2.32. The lowest BCUT2D eigenvalue weighted by molar-refractivity contribution is -0.136. The van der Waals surface area contributed by atoms with Gasteiger partial charge >= 0.3 is 5.97 Å². The van der Waals surface area contributed by atoms with Gasteiger partial charge in [-0.25, -0.2) is 9.79 Å². The second-order valence-electron chi connectivity index (χ2n) is 6.26. The highest BCUT2D eigenvalue weighted by Crippen LogP contribution is 2.30. The first-order valence-corrected chi connectivity index (χ1v) is 9.47. The summed E-state index contributed by atoms with van der Waals surface area (Å²) in [5, 5.41) is 0. The number of thiazole rings is 1. The number of allylic oxidation sites excluding steroid dienone is 1. The third-order valence-electron chi connectivity index (χ3n) is 4.55. The van der Waals surface area contributed by atoms with Crippen LogP contribution in [0.5, 0.6) is 0 Å². The van der Waals surface area contributed by atoms with Gasteiger partial charge in [0.05, 0.1) is 29.0 Å². The summed E-state index contributed by atoms with van der Waals surface area (Å²) in [6.45, 7) is 1.77. The molecule has 1 aliphatic heterocycles. The smallest absolute Gasteiger partial charge is 0.338 e. The molecule has 28 heavy (non-hydrogen) atoms. The predicted octanol–water partition coefficient (Wildman–Crippen LogP) is 1.80. The van der Waals surface area contributed by atoms with Gasteiger partial charge in [0.1, 0.15) is 0 Å². The van der Waals surface area contributed by atoms with Crippen molar-refractivity contribution < 1.29 is 9.53 Å². The van der Waals surface area contributed by atoms with E-state index in [0.29, 0.717) is 20.6 Å². The van der Waals surface area contributed by atoms with Crippen molar-refractivity contribution in [2.24, 2.45) is 4.99 Å². The molecule has 0 spiro atoms. The second-order valence-corrected chi connectivity index (χ2v) is 7.27. The fourth-order valence-corrected chi connectivity index (χ4v) is 4.30. The first kappa shape index (κ1) is 18.1. The molecule has 0 aliphatic carbocycles. The van der Waals surface area contributed by atoms with Crippen LogP contribution in [0.15, 0.2) is 75.9 Å². The summed E-state index contributed by atoms with van der Waals surface area (Å²) in [6, 6.07) is 12.5. The van der Waals surface area contributed by atoms with E-state index in [-0.39, 0.29) is 5.56 Å². The molecule has 1 unspecified atom stereocenters. The first-order chi connectivity index (χ1) is 13.6. The average Bonchev–Trinajstić information content (AvgIpc) is 3.02. The Balaban J connectivity index is 1.99. The third kappa shape index (κ3) is 3.10. The van der Waals surface area contributed by atoms with Crippen LogP contribution < -0.4 is 14.9 Å². The lowest BCUT2D eigenvalue weighted by Crippen LogP contribution is -2.39. The normalized spacial score (nSPS) is 16.5. The zero-order valence-electron chi connectivity index (χ0n) is 15.3. The number of hydrogen-bond donors (Lipinski definition) is 0. The van der Waals surface area contributed by atoms with Crippen LogP contribution in [0.1, 0.15) is 24.1 Å². The molecule has 2 aromatic heterocycles. The van der Waals surface area contributed by atoms with Crippen molar-refractivity contribution in [2.75, 3.05) is 7.11 Å². The van der Waals surface area contributed by atoms with E-state index >= 15 is 0 Å². The zero-order chi connectivity index (χ0) is 19.7. The van der Waals surface area contributed by atoms with Crippen LogP contribution in [0.3, 0.4) is 0 Å². The van der Waals surface area contributed by atoms with Crippen molar-refractivity contribution in [3.05, 3.63) is 96.9 Å². The van der Waals surface area contributed by atoms with E-state index in [9.17, 15) is 9.59 Å². The SMILES string of the molecule is COC(=O)C1=C(C)N=c2sc(=Cc3ccncc3)c(=O)n2C1c1ccccc1. The maximum absolute atomic E-state index is 13.3. The fourth-order valence-electron chi connectivity index (χ4n) is 3.25. The standard InChI is InChI=1S/C21H17N3O3S/c1-13-17(20(26)27-2)18(15-6-4-3-5-7-15)24-19(25)16(28-21(24)23-13)12-14-8-10-22-11-9-14/h3-12,18H,1-2H3. The molecule has 0 fully saturated rings. The quantitative estimate of drug-likeness (QED) is 0.638. The largest absolute Gasteiger partial charge is 0.466 e. The Morgan fingerprint density at radius 3 is 2.57 bits per heavy atom. The van der Waals surface area contributed by atoms with Crippen LogP contribution in [0, 0.1) is 0 Å². The minimum Gasteiger partial charge on any atom is -0.466 e. The van der Waals surface area contributed by atoms with Gasteiger partial charge in [0, 0.05) is 12.4 Å². The monoisotopic (exact) mass is 391 g/mol. The van der Waals surface area contributed by atoms with E-state index in [1.54, 1.807) is 23.9 Å². The molecule has 0 saturated heterocycles. The molecule has 4 rings (SSSR count). The summed E-state index contributed by atoms with van der Waals surface area (Å²) in [6.07, 6.45) is 5.16. The number of fused-ring (bicyclic) bond motifs is 1. The maximum atomic E-state index is 13.3. The first-order valence-electron chi connectivity index (χ1n) is 8.66. The summed E-state index contributed by atoms with van der Waals surface area (Å²) >= 11 is 1.30. The molecule has 0 radical (unpaired) electrons. The van der Waals surface area contributed by atoms with E-state index in [4.69, 9.17) is 4.74 Å². The Kier molecular flexibility index (Phi) is 4.75. The highest BCUT2D eigenvalue weighted by atomic mass is 32.1. The van der Waals surface area contributed by atoms with E-state index in [1.165, 1.54) is 18.4 Å². The van der Waals surface area contributed by atoms with Crippen LogP contribution in [0.4, 0.5) is 0 Å². The molecule has 1 aliphatic rings. The van der Waals surface area contributed by atoms with Gasteiger partial charge in [-0.15, -0.1) is 0 Å². The van der Waals surface area contributed by atoms with Gasteiger partial charge < -0.3 is 4.74 Å². The Labute approximate surface area is 164 Å². The number of methoxy groups -OCH3 is 1. The number of pyridine rings is 1. The van der Waals surface area contributed by atoms with Crippen molar-refractivity contribution in [1.82, 2.24) is 9.55 Å². The molecule has 6 nitrogen and oxygen atoms in total. The average molecular weight is 391 g/mol. The maximum Gasteiger partial charge on any atom is 0.338 e. The molecule has 140 valence electrons. The summed E-state index contributed by atoms with van der Waals surface area (Å²) in [5.41, 5.74) is 2.44. The van der Waals surface area contributed by atoms with Gasteiger partial charge in [0.15, 0.2) is 4.80 Å². The Hall–Kier alpha value is -3.32. The van der Waals surface area contributed by atoms with E-state index in [2.05, 4.69) is 9.98 Å². The number of hydrogen-bond acceptors (Lipinski definition) is 6. The van der Waals surface area contributed by atoms with E-state index in [0.717, 1.165) is 11.1 Å². The predicted molar refractivity (Wildman–Crippen MR) is 106 cm³/mol. The summed E-state index contributed by atoms with van der Waals surface area (Å²) in [5.74, 6) is -0.487. The lowest BCUT2D eigenvalue weighted by atomic mass is 9.96. The minimum absolute atomic E-state index is 0.191. The van der Waals surface area contributed by atoms with Gasteiger partial charge in [-0.1, -0.05) is 41.7 Å². The van der Waals surface area contributed by atoms with Gasteiger partial charge in [0.25, 0.3) is 5.56 Å². The van der Waals surface area contributed by atoms with Crippen molar-refractivity contribution in [2.45, 2.75) is 13.0 Å². The van der Waals surface area contributed by atoms with Gasteiger partial charge in [-0.2, -0.15) is 0 Å². The molecule has 3 aromatic rings.